The number of pyridine rings is 1. The van der Waals surface area contributed by atoms with Crippen LogP contribution in [-0.4, -0.2) is 68.1 Å². The van der Waals surface area contributed by atoms with Crippen molar-refractivity contribution in [2.45, 2.75) is 0 Å². The van der Waals surface area contributed by atoms with Gasteiger partial charge in [-0.2, -0.15) is 0 Å². The second kappa shape index (κ2) is 11.5. The average Bonchev–Trinajstić information content (AvgIpc) is 2.75. The molecule has 29 heavy (non-hydrogen) atoms. The number of aliphatic imine (C=N–C) groups is 1. The zero-order valence-electron chi connectivity index (χ0n) is 16.3. The molecule has 156 valence electrons. The summed E-state index contributed by atoms with van der Waals surface area (Å²) in [5, 5.41) is 6.12. The Morgan fingerprint density at radius 1 is 1.10 bits per heavy atom. The third kappa shape index (κ3) is 6.28. The number of para-hydroxylation sites is 1. The Bertz CT molecular complexity index is 812. The van der Waals surface area contributed by atoms with E-state index in [1.807, 2.05) is 17.0 Å². The summed E-state index contributed by atoms with van der Waals surface area (Å²) in [6, 6.07) is 10.3. The molecular formula is C20H26FIN6O. The maximum Gasteiger partial charge on any atom is 0.252 e. The number of guanidine groups is 1. The van der Waals surface area contributed by atoms with Crippen molar-refractivity contribution >= 4 is 41.5 Å². The molecule has 1 aliphatic rings. The van der Waals surface area contributed by atoms with Crippen molar-refractivity contribution in [3.63, 3.8) is 0 Å². The number of nitrogens with one attached hydrogen (secondary N) is 2. The van der Waals surface area contributed by atoms with Crippen molar-refractivity contribution in [2.24, 2.45) is 4.99 Å². The van der Waals surface area contributed by atoms with Gasteiger partial charge < -0.3 is 20.4 Å². The Labute approximate surface area is 187 Å². The van der Waals surface area contributed by atoms with Crippen LogP contribution in [0.15, 0.2) is 53.8 Å². The minimum absolute atomic E-state index is 0. The molecule has 0 bridgehead atoms. The number of halogens is 2. The van der Waals surface area contributed by atoms with Crippen molar-refractivity contribution < 1.29 is 9.18 Å². The third-order valence-electron chi connectivity index (χ3n) is 4.60. The summed E-state index contributed by atoms with van der Waals surface area (Å²) < 4.78 is 14.0. The number of benzene rings is 1. The number of anilines is 1. The van der Waals surface area contributed by atoms with Gasteiger partial charge >= 0.3 is 0 Å². The van der Waals surface area contributed by atoms with Crippen LogP contribution in [0.4, 0.5) is 10.1 Å². The molecule has 2 aromatic rings. The van der Waals surface area contributed by atoms with Gasteiger partial charge in [-0.1, -0.05) is 12.1 Å². The molecule has 0 aliphatic carbocycles. The van der Waals surface area contributed by atoms with Gasteiger partial charge in [-0.05, 0) is 24.3 Å². The third-order valence-corrected chi connectivity index (χ3v) is 4.60. The van der Waals surface area contributed by atoms with E-state index in [0.717, 1.165) is 32.1 Å². The number of piperazine rings is 1. The van der Waals surface area contributed by atoms with E-state index in [4.69, 9.17) is 0 Å². The number of amides is 1. The van der Waals surface area contributed by atoms with Crippen molar-refractivity contribution in [1.82, 2.24) is 20.5 Å². The summed E-state index contributed by atoms with van der Waals surface area (Å²) in [5.41, 5.74) is 1.18. The van der Waals surface area contributed by atoms with Gasteiger partial charge in [0.1, 0.15) is 5.82 Å². The van der Waals surface area contributed by atoms with E-state index in [1.165, 1.54) is 12.3 Å². The fraction of sp³-hybridized carbons (Fsp3) is 0.350. The monoisotopic (exact) mass is 512 g/mol. The normalized spacial score (nSPS) is 14.2. The van der Waals surface area contributed by atoms with Gasteiger partial charge in [0.15, 0.2) is 5.96 Å². The molecule has 1 aromatic heterocycles. The summed E-state index contributed by atoms with van der Waals surface area (Å²) in [7, 11) is 1.74. The van der Waals surface area contributed by atoms with Crippen molar-refractivity contribution in [3.8, 4) is 0 Å². The predicted molar refractivity (Wildman–Crippen MR) is 124 cm³/mol. The Morgan fingerprint density at radius 2 is 1.83 bits per heavy atom. The maximum atomic E-state index is 14.0. The van der Waals surface area contributed by atoms with Crippen molar-refractivity contribution in [3.05, 3.63) is 60.2 Å². The number of hydrogen-bond donors (Lipinski definition) is 2. The second-order valence-corrected chi connectivity index (χ2v) is 6.40. The molecule has 3 rings (SSSR count). The average molecular weight is 512 g/mol. The first kappa shape index (κ1) is 22.9. The molecule has 9 heteroatoms. The molecule has 2 heterocycles. The molecule has 0 spiro atoms. The minimum atomic E-state index is -0.192. The van der Waals surface area contributed by atoms with Gasteiger partial charge in [0.05, 0.1) is 11.3 Å². The molecule has 1 aliphatic heterocycles. The first-order chi connectivity index (χ1) is 13.7. The van der Waals surface area contributed by atoms with E-state index in [1.54, 1.807) is 31.4 Å². The lowest BCUT2D eigenvalue weighted by Gasteiger charge is -2.37. The van der Waals surface area contributed by atoms with Gasteiger partial charge in [0, 0.05) is 58.7 Å². The molecule has 0 unspecified atom stereocenters. The SMILES string of the molecule is CN=C(NCCNC(=O)c1cccnc1)N1CCN(c2ccccc2F)CC1.I. The van der Waals surface area contributed by atoms with Gasteiger partial charge in [-0.3, -0.25) is 14.8 Å². The van der Waals surface area contributed by atoms with E-state index in [0.29, 0.717) is 24.3 Å². The summed E-state index contributed by atoms with van der Waals surface area (Å²) in [4.78, 5) is 24.4. The molecular weight excluding hydrogens is 486 g/mol. The number of nitrogens with zero attached hydrogens (tertiary/aromatic N) is 4. The summed E-state index contributed by atoms with van der Waals surface area (Å²) >= 11 is 0. The molecule has 7 nitrogen and oxygen atoms in total. The molecule has 0 atom stereocenters. The molecule has 1 amide bonds. The molecule has 1 fully saturated rings. The standard InChI is InChI=1S/C20H25FN6O.HI/c1-22-20(25-10-9-24-19(28)16-5-4-8-23-15-16)27-13-11-26(12-14-27)18-7-3-2-6-17(18)21;/h2-8,15H,9-14H2,1H3,(H,22,25)(H,24,28);1H. The number of aromatic nitrogens is 1. The van der Waals surface area contributed by atoms with Crippen LogP contribution in [0.3, 0.4) is 0 Å². The highest BCUT2D eigenvalue weighted by Crippen LogP contribution is 2.20. The second-order valence-electron chi connectivity index (χ2n) is 6.40. The molecule has 1 saturated heterocycles. The number of carbonyl (C=O) groups excluding carboxylic acids is 1. The number of rotatable bonds is 5. The topological polar surface area (TPSA) is 72.9 Å². The van der Waals surface area contributed by atoms with E-state index in [9.17, 15) is 9.18 Å². The summed E-state index contributed by atoms with van der Waals surface area (Å²) in [6.07, 6.45) is 3.17. The largest absolute Gasteiger partial charge is 0.366 e. The predicted octanol–water partition coefficient (Wildman–Crippen LogP) is 1.97. The fourth-order valence-corrected chi connectivity index (χ4v) is 3.15. The fourth-order valence-electron chi connectivity index (χ4n) is 3.15. The highest BCUT2D eigenvalue weighted by Gasteiger charge is 2.21. The van der Waals surface area contributed by atoms with Crippen LogP contribution in [0.25, 0.3) is 0 Å². The smallest absolute Gasteiger partial charge is 0.252 e. The maximum absolute atomic E-state index is 14.0. The minimum Gasteiger partial charge on any atom is -0.366 e. The van der Waals surface area contributed by atoms with Crippen LogP contribution < -0.4 is 15.5 Å². The van der Waals surface area contributed by atoms with Gasteiger partial charge in [-0.15, -0.1) is 24.0 Å². The quantitative estimate of drug-likeness (QED) is 0.278. The Morgan fingerprint density at radius 3 is 2.48 bits per heavy atom. The zero-order valence-corrected chi connectivity index (χ0v) is 18.7. The van der Waals surface area contributed by atoms with E-state index in [-0.39, 0.29) is 35.7 Å². The van der Waals surface area contributed by atoms with Crippen LogP contribution >= 0.6 is 24.0 Å². The zero-order chi connectivity index (χ0) is 19.8. The van der Waals surface area contributed by atoms with Crippen LogP contribution in [-0.2, 0) is 0 Å². The van der Waals surface area contributed by atoms with Crippen LogP contribution in [0.2, 0.25) is 0 Å². The Hall–Kier alpha value is -2.43. The van der Waals surface area contributed by atoms with Crippen molar-refractivity contribution in [2.75, 3.05) is 51.2 Å². The van der Waals surface area contributed by atoms with E-state index >= 15 is 0 Å². The molecule has 0 radical (unpaired) electrons. The van der Waals surface area contributed by atoms with Crippen LogP contribution in [0, 0.1) is 5.82 Å². The lowest BCUT2D eigenvalue weighted by molar-refractivity contribution is 0.0954. The van der Waals surface area contributed by atoms with E-state index < -0.39 is 0 Å². The Balaban J connectivity index is 0.00000300. The van der Waals surface area contributed by atoms with Crippen molar-refractivity contribution in [1.29, 1.82) is 0 Å². The van der Waals surface area contributed by atoms with Crippen LogP contribution in [0.5, 0.6) is 0 Å². The first-order valence-corrected chi connectivity index (χ1v) is 9.32. The van der Waals surface area contributed by atoms with Gasteiger partial charge in [0.25, 0.3) is 5.91 Å². The van der Waals surface area contributed by atoms with E-state index in [2.05, 4.69) is 25.5 Å². The molecule has 2 N–H and O–H groups in total. The van der Waals surface area contributed by atoms with Crippen LogP contribution in [0.1, 0.15) is 10.4 Å². The lowest BCUT2D eigenvalue weighted by atomic mass is 10.2. The highest BCUT2D eigenvalue weighted by atomic mass is 127. The van der Waals surface area contributed by atoms with Gasteiger partial charge in [-0.25, -0.2) is 4.39 Å². The lowest BCUT2D eigenvalue weighted by Crippen LogP contribution is -2.53. The first-order valence-electron chi connectivity index (χ1n) is 9.32. The number of hydrogen-bond acceptors (Lipinski definition) is 4. The molecule has 1 aromatic carbocycles. The Kier molecular flexibility index (Phi) is 9.10. The highest BCUT2D eigenvalue weighted by molar-refractivity contribution is 14.0. The summed E-state index contributed by atoms with van der Waals surface area (Å²) in [6.45, 7) is 3.97. The number of carbonyl (C=O) groups is 1. The molecule has 0 saturated carbocycles. The van der Waals surface area contributed by atoms with Gasteiger partial charge in [0.2, 0.25) is 0 Å². The summed E-state index contributed by atoms with van der Waals surface area (Å²) in [5.74, 6) is 0.440.